The van der Waals surface area contributed by atoms with Crippen LogP contribution in [0.25, 0.3) is 0 Å². The van der Waals surface area contributed by atoms with Crippen molar-refractivity contribution < 1.29 is 18.7 Å². The van der Waals surface area contributed by atoms with E-state index >= 15 is 0 Å². The zero-order chi connectivity index (χ0) is 16.2. The van der Waals surface area contributed by atoms with Crippen LogP contribution < -0.4 is 14.9 Å². The smallest absolute Gasteiger partial charge is 0.271 e. The third-order valence-corrected chi connectivity index (χ3v) is 3.39. The monoisotopic (exact) mass is 314 g/mol. The fraction of sp³-hybridized carbons (Fsp3) is 0.176. The minimum absolute atomic E-state index is 0.338. The number of halogens is 1. The van der Waals surface area contributed by atoms with Gasteiger partial charge in [0.2, 0.25) is 0 Å². The molecule has 0 saturated carbocycles. The number of hydrogen-bond acceptors (Lipinski definition) is 4. The molecular formula is C17H15FN2O3. The van der Waals surface area contributed by atoms with Gasteiger partial charge in [-0.15, -0.1) is 0 Å². The summed E-state index contributed by atoms with van der Waals surface area (Å²) in [6.07, 6.45) is 0. The molecule has 0 radical (unpaired) electrons. The fourth-order valence-corrected chi connectivity index (χ4v) is 2.13. The maximum absolute atomic E-state index is 12.8. The van der Waals surface area contributed by atoms with Crippen LogP contribution in [0.4, 0.5) is 4.39 Å². The quantitative estimate of drug-likeness (QED) is 0.700. The SMILES string of the molecule is CC(=NNC(=O)c1ccc(F)cc1)c1ccc2c(c1)OCCO2. The van der Waals surface area contributed by atoms with Crippen molar-refractivity contribution >= 4 is 11.6 Å². The molecule has 118 valence electrons. The summed E-state index contributed by atoms with van der Waals surface area (Å²) >= 11 is 0. The Balaban J connectivity index is 1.72. The second kappa shape index (κ2) is 6.48. The molecule has 1 aliphatic heterocycles. The Kier molecular flexibility index (Phi) is 4.23. The molecule has 1 amide bonds. The lowest BCUT2D eigenvalue weighted by atomic mass is 10.1. The van der Waals surface area contributed by atoms with E-state index in [0.29, 0.717) is 36.0 Å². The summed E-state index contributed by atoms with van der Waals surface area (Å²) < 4.78 is 23.8. The highest BCUT2D eigenvalue weighted by Crippen LogP contribution is 2.30. The van der Waals surface area contributed by atoms with Gasteiger partial charge < -0.3 is 9.47 Å². The fourth-order valence-electron chi connectivity index (χ4n) is 2.13. The number of nitrogens with zero attached hydrogens (tertiary/aromatic N) is 1. The van der Waals surface area contributed by atoms with E-state index in [9.17, 15) is 9.18 Å². The Hall–Kier alpha value is -2.89. The molecule has 3 rings (SSSR count). The first-order valence-electron chi connectivity index (χ1n) is 7.14. The van der Waals surface area contributed by atoms with Crippen LogP contribution in [0.2, 0.25) is 0 Å². The molecule has 1 N–H and O–H groups in total. The Labute approximate surface area is 132 Å². The first kappa shape index (κ1) is 15.0. The minimum atomic E-state index is -0.401. The van der Waals surface area contributed by atoms with Crippen LogP contribution in [0, 0.1) is 5.82 Å². The maximum Gasteiger partial charge on any atom is 0.271 e. The van der Waals surface area contributed by atoms with Gasteiger partial charge in [0.1, 0.15) is 19.0 Å². The van der Waals surface area contributed by atoms with E-state index in [1.807, 2.05) is 18.2 Å². The highest BCUT2D eigenvalue weighted by Gasteiger charge is 2.13. The number of fused-ring (bicyclic) bond motifs is 1. The molecule has 0 aliphatic carbocycles. The molecule has 1 heterocycles. The molecule has 5 nitrogen and oxygen atoms in total. The number of nitrogens with one attached hydrogen (secondary N) is 1. The van der Waals surface area contributed by atoms with Crippen LogP contribution in [0.3, 0.4) is 0 Å². The lowest BCUT2D eigenvalue weighted by Crippen LogP contribution is -2.19. The van der Waals surface area contributed by atoms with E-state index in [2.05, 4.69) is 10.5 Å². The number of benzene rings is 2. The third-order valence-electron chi connectivity index (χ3n) is 3.39. The van der Waals surface area contributed by atoms with E-state index in [-0.39, 0.29) is 0 Å². The Morgan fingerprint density at radius 1 is 1.04 bits per heavy atom. The number of carbonyl (C=O) groups excluding carboxylic acids is 1. The van der Waals surface area contributed by atoms with E-state index in [1.165, 1.54) is 24.3 Å². The number of amides is 1. The van der Waals surface area contributed by atoms with Gasteiger partial charge in [-0.3, -0.25) is 4.79 Å². The molecule has 0 aromatic heterocycles. The summed E-state index contributed by atoms with van der Waals surface area (Å²) in [4.78, 5) is 11.9. The number of hydrogen-bond donors (Lipinski definition) is 1. The average Bonchev–Trinajstić information content (AvgIpc) is 2.59. The van der Waals surface area contributed by atoms with Crippen LogP contribution in [0.1, 0.15) is 22.8 Å². The lowest BCUT2D eigenvalue weighted by molar-refractivity contribution is 0.0955. The minimum Gasteiger partial charge on any atom is -0.486 e. The zero-order valence-electron chi connectivity index (χ0n) is 12.5. The summed E-state index contributed by atoms with van der Waals surface area (Å²) in [5.74, 6) is 0.565. The summed E-state index contributed by atoms with van der Waals surface area (Å²) in [5, 5.41) is 4.07. The average molecular weight is 314 g/mol. The predicted molar refractivity (Wildman–Crippen MR) is 83.5 cm³/mol. The molecule has 1 aliphatic rings. The van der Waals surface area contributed by atoms with Gasteiger partial charge in [0.15, 0.2) is 11.5 Å². The Bertz CT molecular complexity index is 757. The molecule has 0 saturated heterocycles. The van der Waals surface area contributed by atoms with Crippen molar-refractivity contribution in [3.8, 4) is 11.5 Å². The second-order valence-corrected chi connectivity index (χ2v) is 5.00. The van der Waals surface area contributed by atoms with Gasteiger partial charge in [-0.2, -0.15) is 5.10 Å². The molecule has 23 heavy (non-hydrogen) atoms. The molecule has 0 spiro atoms. The summed E-state index contributed by atoms with van der Waals surface area (Å²) in [7, 11) is 0. The van der Waals surface area contributed by atoms with Crippen LogP contribution in [0.15, 0.2) is 47.6 Å². The summed E-state index contributed by atoms with van der Waals surface area (Å²) in [6, 6.07) is 10.7. The van der Waals surface area contributed by atoms with Crippen molar-refractivity contribution in [3.63, 3.8) is 0 Å². The van der Waals surface area contributed by atoms with Crippen LogP contribution >= 0.6 is 0 Å². The highest BCUT2D eigenvalue weighted by molar-refractivity contribution is 6.01. The number of hydrazone groups is 1. The van der Waals surface area contributed by atoms with Crippen molar-refractivity contribution in [2.75, 3.05) is 13.2 Å². The van der Waals surface area contributed by atoms with Crippen molar-refractivity contribution in [2.45, 2.75) is 6.92 Å². The molecule has 2 aromatic rings. The van der Waals surface area contributed by atoms with E-state index in [4.69, 9.17) is 9.47 Å². The topological polar surface area (TPSA) is 59.9 Å². The number of ether oxygens (including phenoxy) is 2. The molecule has 2 aromatic carbocycles. The van der Waals surface area contributed by atoms with Gasteiger partial charge in [-0.25, -0.2) is 9.82 Å². The molecule has 0 unspecified atom stereocenters. The van der Waals surface area contributed by atoms with Crippen LogP contribution in [0.5, 0.6) is 11.5 Å². The number of rotatable bonds is 3. The number of carbonyl (C=O) groups is 1. The maximum atomic E-state index is 12.8. The van der Waals surface area contributed by atoms with Gasteiger partial charge in [-0.1, -0.05) is 0 Å². The first-order chi connectivity index (χ1) is 11.1. The normalized spacial score (nSPS) is 13.6. The van der Waals surface area contributed by atoms with Gasteiger partial charge in [-0.05, 0) is 49.4 Å². The summed E-state index contributed by atoms with van der Waals surface area (Å²) in [5.41, 5.74) is 4.23. The molecule has 6 heteroatoms. The second-order valence-electron chi connectivity index (χ2n) is 5.00. The van der Waals surface area contributed by atoms with E-state index in [1.54, 1.807) is 6.92 Å². The Morgan fingerprint density at radius 3 is 2.43 bits per heavy atom. The molecule has 0 bridgehead atoms. The summed E-state index contributed by atoms with van der Waals surface area (Å²) in [6.45, 7) is 2.82. The van der Waals surface area contributed by atoms with Crippen molar-refractivity contribution in [3.05, 3.63) is 59.4 Å². The predicted octanol–water partition coefficient (Wildman–Crippen LogP) is 2.75. The van der Waals surface area contributed by atoms with Crippen LogP contribution in [-0.2, 0) is 0 Å². The highest BCUT2D eigenvalue weighted by atomic mass is 19.1. The molecule has 0 atom stereocenters. The van der Waals surface area contributed by atoms with E-state index < -0.39 is 11.7 Å². The van der Waals surface area contributed by atoms with Crippen molar-refractivity contribution in [1.82, 2.24) is 5.43 Å². The zero-order valence-corrected chi connectivity index (χ0v) is 12.5. The van der Waals surface area contributed by atoms with Gasteiger partial charge >= 0.3 is 0 Å². The molecular weight excluding hydrogens is 299 g/mol. The third kappa shape index (κ3) is 3.48. The molecule has 0 fully saturated rings. The van der Waals surface area contributed by atoms with Gasteiger partial charge in [0, 0.05) is 11.1 Å². The lowest BCUT2D eigenvalue weighted by Gasteiger charge is -2.18. The van der Waals surface area contributed by atoms with Crippen LogP contribution in [-0.4, -0.2) is 24.8 Å². The van der Waals surface area contributed by atoms with Gasteiger partial charge in [0.05, 0.1) is 5.71 Å². The standard InChI is InChI=1S/C17H15FN2O3/c1-11(13-4-7-15-16(10-13)23-9-8-22-15)19-20-17(21)12-2-5-14(18)6-3-12/h2-7,10H,8-9H2,1H3,(H,20,21). The first-order valence-corrected chi connectivity index (χ1v) is 7.14. The van der Waals surface area contributed by atoms with E-state index in [0.717, 1.165) is 5.56 Å². The van der Waals surface area contributed by atoms with Crippen molar-refractivity contribution in [1.29, 1.82) is 0 Å². The largest absolute Gasteiger partial charge is 0.486 e. The van der Waals surface area contributed by atoms with Crippen molar-refractivity contribution in [2.24, 2.45) is 5.10 Å². The Morgan fingerprint density at radius 2 is 1.70 bits per heavy atom. The van der Waals surface area contributed by atoms with Gasteiger partial charge in [0.25, 0.3) is 5.91 Å².